The molecule has 1 aromatic heterocycles. The van der Waals surface area contributed by atoms with Gasteiger partial charge in [0.1, 0.15) is 16.8 Å². The van der Waals surface area contributed by atoms with Gasteiger partial charge in [-0.15, -0.1) is 0 Å². The summed E-state index contributed by atoms with van der Waals surface area (Å²) < 4.78 is 34.8. The van der Waals surface area contributed by atoms with Gasteiger partial charge in [-0.05, 0) is 54.3 Å². The van der Waals surface area contributed by atoms with Gasteiger partial charge in [-0.3, -0.25) is 4.90 Å². The molecule has 0 saturated carbocycles. The van der Waals surface area contributed by atoms with E-state index in [1.807, 2.05) is 30.0 Å². The molecule has 2 heterocycles. The van der Waals surface area contributed by atoms with Gasteiger partial charge in [0.15, 0.2) is 10.7 Å². The van der Waals surface area contributed by atoms with Gasteiger partial charge in [-0.2, -0.15) is 0 Å². The minimum Gasteiger partial charge on any atom is -0.363 e. The Kier molecular flexibility index (Phi) is 6.46. The molecule has 0 fully saturated rings. The molecule has 1 aliphatic heterocycles. The van der Waals surface area contributed by atoms with E-state index in [0.717, 1.165) is 23.1 Å². The Bertz CT molecular complexity index is 908. The number of nitrogens with one attached hydrogen (secondary N) is 1. The fourth-order valence-corrected chi connectivity index (χ4v) is 3.87. The van der Waals surface area contributed by atoms with Crippen LogP contribution < -0.4 is 5.32 Å². The largest absolute Gasteiger partial charge is 0.363 e. The van der Waals surface area contributed by atoms with E-state index in [4.69, 9.17) is 11.6 Å². The minimum atomic E-state index is -2.40. The summed E-state index contributed by atoms with van der Waals surface area (Å²) in [4.78, 5) is 6.21. The van der Waals surface area contributed by atoms with Crippen LogP contribution in [0.3, 0.4) is 0 Å². The standard InChI is InChI=1S/C19H21ClFN3O2S/c1-13(14-2-4-17(21)5-3-14)22-19-11-16(10-18(20)23-19)15-6-8-24(9-7-15)12-27(25)26/h2-6,10-11,13,27H,7-9,12H2,1H3,(H,22,23)/t13-/m0/s1. The van der Waals surface area contributed by atoms with E-state index in [1.165, 1.54) is 12.1 Å². The lowest BCUT2D eigenvalue weighted by Crippen LogP contribution is -2.30. The van der Waals surface area contributed by atoms with Crippen LogP contribution in [0.25, 0.3) is 5.57 Å². The normalized spacial score (nSPS) is 16.2. The van der Waals surface area contributed by atoms with Gasteiger partial charge >= 0.3 is 0 Å². The third-order valence-electron chi connectivity index (χ3n) is 4.51. The lowest BCUT2D eigenvalue weighted by molar-refractivity contribution is 0.348. The van der Waals surface area contributed by atoms with Crippen LogP contribution in [-0.4, -0.2) is 37.3 Å². The van der Waals surface area contributed by atoms with Crippen LogP contribution in [0.4, 0.5) is 10.2 Å². The SMILES string of the molecule is C[C@H](Nc1cc(C2=CCN(C[SH](=O)=O)CC2)cc(Cl)n1)c1ccc(F)cc1. The summed E-state index contributed by atoms with van der Waals surface area (Å²) in [6.45, 7) is 3.24. The first-order chi connectivity index (χ1) is 12.9. The number of halogens is 2. The summed E-state index contributed by atoms with van der Waals surface area (Å²) in [6.07, 6.45) is 2.78. The second kappa shape index (κ2) is 8.82. The van der Waals surface area contributed by atoms with E-state index in [1.54, 1.807) is 12.1 Å². The monoisotopic (exact) mass is 409 g/mol. The zero-order valence-electron chi connectivity index (χ0n) is 14.9. The van der Waals surface area contributed by atoms with Crippen LogP contribution in [0.5, 0.6) is 0 Å². The van der Waals surface area contributed by atoms with Crippen molar-refractivity contribution in [2.24, 2.45) is 0 Å². The molecule has 1 N–H and O–H groups in total. The molecule has 0 amide bonds. The fraction of sp³-hybridized carbons (Fsp3) is 0.316. The topological polar surface area (TPSA) is 62.3 Å². The Morgan fingerprint density at radius 3 is 2.67 bits per heavy atom. The number of rotatable bonds is 6. The van der Waals surface area contributed by atoms with Crippen LogP contribution in [0.15, 0.2) is 42.5 Å². The van der Waals surface area contributed by atoms with Crippen molar-refractivity contribution in [2.75, 3.05) is 24.3 Å². The Morgan fingerprint density at radius 2 is 2.04 bits per heavy atom. The zero-order chi connectivity index (χ0) is 19.4. The molecule has 0 unspecified atom stereocenters. The highest BCUT2D eigenvalue weighted by atomic mass is 35.5. The maximum Gasteiger partial charge on any atom is 0.153 e. The summed E-state index contributed by atoms with van der Waals surface area (Å²) in [7, 11) is -2.40. The number of thiol groups is 1. The van der Waals surface area contributed by atoms with Crippen molar-refractivity contribution >= 4 is 33.7 Å². The molecule has 1 aromatic carbocycles. The van der Waals surface area contributed by atoms with Gasteiger partial charge in [0.2, 0.25) is 0 Å². The Labute approximate surface area is 164 Å². The van der Waals surface area contributed by atoms with Gasteiger partial charge in [0.05, 0.1) is 5.88 Å². The summed E-state index contributed by atoms with van der Waals surface area (Å²) in [6, 6.07) is 10.0. The molecule has 5 nitrogen and oxygen atoms in total. The lowest BCUT2D eigenvalue weighted by Gasteiger charge is -2.24. The van der Waals surface area contributed by atoms with Crippen molar-refractivity contribution in [3.05, 3.63) is 64.6 Å². The highest BCUT2D eigenvalue weighted by molar-refractivity contribution is 7.72. The second-order valence-corrected chi connectivity index (χ2v) is 7.85. The van der Waals surface area contributed by atoms with Gasteiger partial charge in [-0.25, -0.2) is 17.8 Å². The first-order valence-corrected chi connectivity index (χ1v) is 10.4. The summed E-state index contributed by atoms with van der Waals surface area (Å²) >= 11 is 6.20. The van der Waals surface area contributed by atoms with Gasteiger partial charge < -0.3 is 5.32 Å². The van der Waals surface area contributed by atoms with Crippen LogP contribution in [-0.2, 0) is 10.7 Å². The fourth-order valence-electron chi connectivity index (χ4n) is 3.08. The summed E-state index contributed by atoms with van der Waals surface area (Å²) in [5.41, 5.74) is 3.03. The molecule has 3 rings (SSSR count). The predicted octanol–water partition coefficient (Wildman–Crippen LogP) is 3.71. The molecule has 144 valence electrons. The molecule has 0 aliphatic carbocycles. The van der Waals surface area contributed by atoms with Crippen LogP contribution in [0.1, 0.15) is 30.5 Å². The summed E-state index contributed by atoms with van der Waals surface area (Å²) in [5.74, 6) is 0.451. The molecule has 27 heavy (non-hydrogen) atoms. The van der Waals surface area contributed by atoms with E-state index in [9.17, 15) is 12.8 Å². The van der Waals surface area contributed by atoms with E-state index < -0.39 is 10.7 Å². The average Bonchev–Trinajstić information content (AvgIpc) is 2.62. The first kappa shape index (κ1) is 19.8. The second-order valence-electron chi connectivity index (χ2n) is 6.51. The van der Waals surface area contributed by atoms with Crippen molar-refractivity contribution in [3.8, 4) is 0 Å². The van der Waals surface area contributed by atoms with Crippen LogP contribution in [0, 0.1) is 5.82 Å². The molecule has 0 spiro atoms. The number of hydrogen-bond acceptors (Lipinski definition) is 5. The lowest BCUT2D eigenvalue weighted by atomic mass is 10.0. The number of aromatic nitrogens is 1. The first-order valence-electron chi connectivity index (χ1n) is 8.64. The van der Waals surface area contributed by atoms with E-state index in [0.29, 0.717) is 24.1 Å². The molecular formula is C19H21ClFN3O2S. The highest BCUT2D eigenvalue weighted by Gasteiger charge is 2.15. The van der Waals surface area contributed by atoms with Crippen molar-refractivity contribution < 1.29 is 12.8 Å². The minimum absolute atomic E-state index is 0.0615. The van der Waals surface area contributed by atoms with Gasteiger partial charge in [0, 0.05) is 19.1 Å². The number of pyridine rings is 1. The average molecular weight is 410 g/mol. The van der Waals surface area contributed by atoms with Crippen molar-refractivity contribution in [1.82, 2.24) is 9.88 Å². The zero-order valence-corrected chi connectivity index (χ0v) is 16.5. The summed E-state index contributed by atoms with van der Waals surface area (Å²) in [5, 5.41) is 3.68. The molecule has 0 bridgehead atoms. The molecule has 0 radical (unpaired) electrons. The molecule has 0 saturated heterocycles. The Hall–Kier alpha value is -1.96. The third-order valence-corrected chi connectivity index (χ3v) is 5.33. The molecule has 1 atom stereocenters. The number of benzene rings is 1. The highest BCUT2D eigenvalue weighted by Crippen LogP contribution is 2.28. The Balaban J connectivity index is 1.74. The van der Waals surface area contributed by atoms with Crippen LogP contribution in [0.2, 0.25) is 5.15 Å². The smallest absolute Gasteiger partial charge is 0.153 e. The predicted molar refractivity (Wildman–Crippen MR) is 107 cm³/mol. The third kappa shape index (κ3) is 5.51. The van der Waals surface area contributed by atoms with Gasteiger partial charge in [0.25, 0.3) is 0 Å². The molecule has 8 heteroatoms. The quantitative estimate of drug-likeness (QED) is 0.562. The number of hydrogen-bond donors (Lipinski definition) is 2. The molecular weight excluding hydrogens is 389 g/mol. The van der Waals surface area contributed by atoms with Crippen molar-refractivity contribution in [1.29, 1.82) is 0 Å². The maximum atomic E-state index is 13.1. The molecule has 1 aliphatic rings. The van der Waals surface area contributed by atoms with Gasteiger partial charge in [-0.1, -0.05) is 29.8 Å². The van der Waals surface area contributed by atoms with Crippen molar-refractivity contribution in [2.45, 2.75) is 19.4 Å². The Morgan fingerprint density at radius 1 is 1.30 bits per heavy atom. The van der Waals surface area contributed by atoms with Crippen LogP contribution >= 0.6 is 11.6 Å². The maximum absolute atomic E-state index is 13.1. The number of anilines is 1. The van der Waals surface area contributed by atoms with E-state index >= 15 is 0 Å². The van der Waals surface area contributed by atoms with E-state index in [-0.39, 0.29) is 17.7 Å². The molecule has 2 aromatic rings. The van der Waals surface area contributed by atoms with Crippen molar-refractivity contribution in [3.63, 3.8) is 0 Å². The number of nitrogens with zero attached hydrogens (tertiary/aromatic N) is 2. The van der Waals surface area contributed by atoms with E-state index in [2.05, 4.69) is 10.3 Å².